The molecule has 0 atom stereocenters. The van der Waals surface area contributed by atoms with E-state index in [1.807, 2.05) is 28.8 Å². The van der Waals surface area contributed by atoms with Crippen molar-refractivity contribution < 1.29 is 9.84 Å². The number of hydrogen-bond donors (Lipinski definition) is 1. The summed E-state index contributed by atoms with van der Waals surface area (Å²) < 4.78 is 7.19. The fourth-order valence-corrected chi connectivity index (χ4v) is 2.54. The zero-order valence-electron chi connectivity index (χ0n) is 12.2. The first-order valence-electron chi connectivity index (χ1n) is 7.00. The fourth-order valence-electron chi connectivity index (χ4n) is 2.39. The molecule has 0 amide bonds. The van der Waals surface area contributed by atoms with E-state index >= 15 is 0 Å². The van der Waals surface area contributed by atoms with Crippen molar-refractivity contribution in [1.82, 2.24) is 14.5 Å². The minimum absolute atomic E-state index is 0.120. The van der Waals surface area contributed by atoms with Gasteiger partial charge in [0.15, 0.2) is 5.65 Å². The highest BCUT2D eigenvalue weighted by Gasteiger charge is 2.14. The normalized spacial score (nSPS) is 11.0. The summed E-state index contributed by atoms with van der Waals surface area (Å²) in [6, 6.07) is 9.50. The Kier molecular flexibility index (Phi) is 4.27. The van der Waals surface area contributed by atoms with Crippen molar-refractivity contribution in [3.8, 4) is 17.1 Å². The molecular formula is C16H16ClN3O2. The molecule has 0 bridgehead atoms. The first-order chi connectivity index (χ1) is 10.7. The summed E-state index contributed by atoms with van der Waals surface area (Å²) in [4.78, 5) is 9.02. The van der Waals surface area contributed by atoms with Crippen LogP contribution in [0, 0.1) is 0 Å². The third-order valence-corrected chi connectivity index (χ3v) is 3.65. The average Bonchev–Trinajstić information content (AvgIpc) is 2.90. The molecule has 3 rings (SSSR count). The number of nitrogens with zero attached hydrogens (tertiary/aromatic N) is 3. The van der Waals surface area contributed by atoms with Crippen molar-refractivity contribution in [1.29, 1.82) is 0 Å². The molecule has 0 aliphatic rings. The number of aryl methyl sites for hydroxylation is 1. The zero-order chi connectivity index (χ0) is 15.5. The van der Waals surface area contributed by atoms with E-state index in [1.54, 1.807) is 19.4 Å². The Morgan fingerprint density at radius 1 is 1.27 bits per heavy atom. The highest BCUT2D eigenvalue weighted by atomic mass is 35.5. The zero-order valence-corrected chi connectivity index (χ0v) is 12.9. The van der Waals surface area contributed by atoms with Gasteiger partial charge < -0.3 is 14.4 Å². The molecule has 2 heterocycles. The second kappa shape index (κ2) is 6.34. The molecule has 0 saturated heterocycles. The van der Waals surface area contributed by atoms with Gasteiger partial charge in [-0.25, -0.2) is 9.97 Å². The Morgan fingerprint density at radius 3 is 2.73 bits per heavy atom. The number of halogens is 1. The lowest BCUT2D eigenvalue weighted by Crippen LogP contribution is -2.03. The van der Waals surface area contributed by atoms with Gasteiger partial charge in [0.25, 0.3) is 0 Å². The molecule has 1 aromatic carbocycles. The summed E-state index contributed by atoms with van der Waals surface area (Å²) >= 11 is 6.00. The predicted molar refractivity (Wildman–Crippen MR) is 86.2 cm³/mol. The first kappa shape index (κ1) is 14.8. The van der Waals surface area contributed by atoms with Crippen LogP contribution in [0.25, 0.3) is 22.6 Å². The lowest BCUT2D eigenvalue weighted by Gasteiger charge is -2.08. The van der Waals surface area contributed by atoms with E-state index in [0.717, 1.165) is 28.3 Å². The van der Waals surface area contributed by atoms with Crippen LogP contribution in [0.4, 0.5) is 0 Å². The first-order valence-corrected chi connectivity index (χ1v) is 7.38. The molecule has 1 N–H and O–H groups in total. The number of pyridine rings is 1. The lowest BCUT2D eigenvalue weighted by molar-refractivity contribution is 0.280. The molecule has 0 radical (unpaired) electrons. The van der Waals surface area contributed by atoms with Crippen molar-refractivity contribution in [2.24, 2.45) is 0 Å². The van der Waals surface area contributed by atoms with E-state index in [0.29, 0.717) is 18.0 Å². The van der Waals surface area contributed by atoms with Gasteiger partial charge in [0.05, 0.1) is 12.1 Å². The Bertz CT molecular complexity index is 784. The number of fused-ring (bicyclic) bond motifs is 1. The molecule has 0 saturated carbocycles. The number of aromatic nitrogens is 3. The molecule has 2 aromatic heterocycles. The lowest BCUT2D eigenvalue weighted by atomic mass is 10.2. The number of hydrogen-bond acceptors (Lipinski definition) is 4. The van der Waals surface area contributed by atoms with E-state index in [9.17, 15) is 0 Å². The summed E-state index contributed by atoms with van der Waals surface area (Å²) in [7, 11) is 1.64. The van der Waals surface area contributed by atoms with Crippen molar-refractivity contribution in [3.63, 3.8) is 0 Å². The Balaban J connectivity index is 2.13. The van der Waals surface area contributed by atoms with Crippen molar-refractivity contribution >= 4 is 22.8 Å². The van der Waals surface area contributed by atoms with Gasteiger partial charge in [0, 0.05) is 24.9 Å². The largest absolute Gasteiger partial charge is 0.497 e. The van der Waals surface area contributed by atoms with Crippen molar-refractivity contribution in [2.45, 2.75) is 13.0 Å². The van der Waals surface area contributed by atoms with Crippen molar-refractivity contribution in [2.75, 3.05) is 13.7 Å². The summed E-state index contributed by atoms with van der Waals surface area (Å²) in [5.74, 6) is 1.60. The van der Waals surface area contributed by atoms with Gasteiger partial charge in [-0.1, -0.05) is 11.6 Å². The highest BCUT2D eigenvalue weighted by Crippen LogP contribution is 2.27. The molecule has 6 heteroatoms. The van der Waals surface area contributed by atoms with Gasteiger partial charge in [-0.15, -0.1) is 0 Å². The van der Waals surface area contributed by atoms with Gasteiger partial charge in [-0.05, 0) is 36.8 Å². The molecule has 0 aliphatic carbocycles. The molecule has 114 valence electrons. The Hall–Kier alpha value is -2.11. The molecular weight excluding hydrogens is 302 g/mol. The molecule has 0 aliphatic heterocycles. The summed E-state index contributed by atoms with van der Waals surface area (Å²) in [6.45, 7) is 0.762. The topological polar surface area (TPSA) is 60.2 Å². The predicted octanol–water partition coefficient (Wildman–Crippen LogP) is 3.14. The average molecular weight is 318 g/mol. The van der Waals surface area contributed by atoms with Gasteiger partial charge in [-0.3, -0.25) is 0 Å². The molecule has 0 unspecified atom stereocenters. The van der Waals surface area contributed by atoms with Crippen LogP contribution in [0.15, 0.2) is 36.5 Å². The van der Waals surface area contributed by atoms with Crippen LogP contribution in [-0.2, 0) is 6.54 Å². The van der Waals surface area contributed by atoms with Crippen LogP contribution in [0.1, 0.15) is 6.42 Å². The summed E-state index contributed by atoms with van der Waals surface area (Å²) in [6.07, 6.45) is 2.25. The maximum atomic E-state index is 9.12. The van der Waals surface area contributed by atoms with Crippen LogP contribution in [0.5, 0.6) is 5.75 Å². The summed E-state index contributed by atoms with van der Waals surface area (Å²) in [5, 5.41) is 9.68. The number of methoxy groups -OCH3 is 1. The monoisotopic (exact) mass is 317 g/mol. The van der Waals surface area contributed by atoms with E-state index in [1.165, 1.54) is 0 Å². The van der Waals surface area contributed by atoms with Crippen LogP contribution >= 0.6 is 11.6 Å². The second-order valence-electron chi connectivity index (χ2n) is 4.89. The molecule has 0 fully saturated rings. The standard InChI is InChI=1S/C16H16ClN3O2/c1-22-13-5-3-11(4-6-13)15-19-14-9-12(17)10-18-16(14)20(15)7-2-8-21/h3-6,9-10,21H,2,7-8H2,1H3. The molecule has 5 nitrogen and oxygen atoms in total. The number of aliphatic hydroxyl groups excluding tert-OH is 1. The number of imidazole rings is 1. The minimum atomic E-state index is 0.120. The number of rotatable bonds is 5. The molecule has 22 heavy (non-hydrogen) atoms. The second-order valence-corrected chi connectivity index (χ2v) is 5.33. The van der Waals surface area contributed by atoms with E-state index in [4.69, 9.17) is 21.4 Å². The quantitative estimate of drug-likeness (QED) is 0.785. The third-order valence-electron chi connectivity index (χ3n) is 3.44. The highest BCUT2D eigenvalue weighted by molar-refractivity contribution is 6.31. The fraction of sp³-hybridized carbons (Fsp3) is 0.250. The van der Waals surface area contributed by atoms with E-state index in [-0.39, 0.29) is 6.61 Å². The SMILES string of the molecule is COc1ccc(-c2nc3cc(Cl)cnc3n2CCCO)cc1. The van der Waals surface area contributed by atoms with Gasteiger partial charge in [0.1, 0.15) is 17.1 Å². The molecule has 3 aromatic rings. The van der Waals surface area contributed by atoms with Gasteiger partial charge in [-0.2, -0.15) is 0 Å². The van der Waals surface area contributed by atoms with Crippen LogP contribution in [0.2, 0.25) is 5.02 Å². The maximum Gasteiger partial charge on any atom is 0.160 e. The van der Waals surface area contributed by atoms with Gasteiger partial charge >= 0.3 is 0 Å². The van der Waals surface area contributed by atoms with Gasteiger partial charge in [0.2, 0.25) is 0 Å². The third kappa shape index (κ3) is 2.77. The van der Waals surface area contributed by atoms with E-state index in [2.05, 4.69) is 9.97 Å². The number of benzene rings is 1. The molecule has 0 spiro atoms. The maximum absolute atomic E-state index is 9.12. The van der Waals surface area contributed by atoms with Crippen LogP contribution in [0.3, 0.4) is 0 Å². The Labute approximate surface area is 133 Å². The number of ether oxygens (including phenoxy) is 1. The smallest absolute Gasteiger partial charge is 0.160 e. The van der Waals surface area contributed by atoms with Crippen LogP contribution in [-0.4, -0.2) is 33.4 Å². The Morgan fingerprint density at radius 2 is 2.05 bits per heavy atom. The summed E-state index contributed by atoms with van der Waals surface area (Å²) in [5.41, 5.74) is 2.48. The number of aliphatic hydroxyl groups is 1. The van der Waals surface area contributed by atoms with E-state index < -0.39 is 0 Å². The minimum Gasteiger partial charge on any atom is -0.497 e. The van der Waals surface area contributed by atoms with Crippen molar-refractivity contribution in [3.05, 3.63) is 41.6 Å². The van der Waals surface area contributed by atoms with Crippen LogP contribution < -0.4 is 4.74 Å².